The average molecular weight is 306 g/mol. The molecule has 1 fully saturated rings. The first-order valence-corrected chi connectivity index (χ1v) is 8.79. The van der Waals surface area contributed by atoms with Gasteiger partial charge in [0.1, 0.15) is 0 Å². The van der Waals surface area contributed by atoms with Gasteiger partial charge in [-0.3, -0.25) is 4.79 Å². The molecular formula is C17H26N2OS. The van der Waals surface area contributed by atoms with E-state index in [0.29, 0.717) is 0 Å². The molecule has 1 atom stereocenters. The SMILES string of the molecule is CCCNc1ccc(C)cc1C(=O)NCC1(C)CCCS1. The van der Waals surface area contributed by atoms with Gasteiger partial charge < -0.3 is 10.6 Å². The van der Waals surface area contributed by atoms with E-state index < -0.39 is 0 Å². The average Bonchev–Trinajstić information content (AvgIpc) is 2.91. The van der Waals surface area contributed by atoms with E-state index in [1.807, 2.05) is 36.9 Å². The highest BCUT2D eigenvalue weighted by Crippen LogP contribution is 2.37. The third-order valence-corrected chi connectivity index (χ3v) is 5.45. The zero-order valence-electron chi connectivity index (χ0n) is 13.3. The highest BCUT2D eigenvalue weighted by molar-refractivity contribution is 8.00. The quantitative estimate of drug-likeness (QED) is 0.839. The summed E-state index contributed by atoms with van der Waals surface area (Å²) < 4.78 is 0.205. The fraction of sp³-hybridized carbons (Fsp3) is 0.588. The maximum atomic E-state index is 12.5. The van der Waals surface area contributed by atoms with E-state index >= 15 is 0 Å². The summed E-state index contributed by atoms with van der Waals surface area (Å²) in [6.45, 7) is 8.03. The minimum absolute atomic E-state index is 0.0334. The van der Waals surface area contributed by atoms with Crippen LogP contribution in [0.2, 0.25) is 0 Å². The zero-order chi connectivity index (χ0) is 15.3. The van der Waals surface area contributed by atoms with Gasteiger partial charge in [0.05, 0.1) is 5.56 Å². The summed E-state index contributed by atoms with van der Waals surface area (Å²) in [6.07, 6.45) is 3.49. The lowest BCUT2D eigenvalue weighted by molar-refractivity contribution is 0.0950. The number of anilines is 1. The smallest absolute Gasteiger partial charge is 0.253 e. The second-order valence-corrected chi connectivity index (χ2v) is 7.74. The molecule has 1 aliphatic rings. The van der Waals surface area contributed by atoms with Crippen molar-refractivity contribution in [2.24, 2.45) is 0 Å². The molecule has 1 unspecified atom stereocenters. The molecule has 3 nitrogen and oxygen atoms in total. The third kappa shape index (κ3) is 4.40. The number of carbonyl (C=O) groups excluding carboxylic acids is 1. The molecule has 4 heteroatoms. The van der Waals surface area contributed by atoms with Gasteiger partial charge in [0.2, 0.25) is 0 Å². The number of rotatable bonds is 6. The van der Waals surface area contributed by atoms with Gasteiger partial charge >= 0.3 is 0 Å². The second-order valence-electron chi connectivity index (χ2n) is 6.06. The van der Waals surface area contributed by atoms with E-state index in [1.165, 1.54) is 18.6 Å². The Labute approximate surface area is 132 Å². The number of hydrogen-bond acceptors (Lipinski definition) is 3. The van der Waals surface area contributed by atoms with Gasteiger partial charge in [-0.15, -0.1) is 0 Å². The summed E-state index contributed by atoms with van der Waals surface area (Å²) in [7, 11) is 0. The van der Waals surface area contributed by atoms with E-state index in [4.69, 9.17) is 0 Å². The second kappa shape index (κ2) is 7.21. The summed E-state index contributed by atoms with van der Waals surface area (Å²) in [4.78, 5) is 12.5. The molecule has 2 rings (SSSR count). The molecular weight excluding hydrogens is 280 g/mol. The number of hydrogen-bond donors (Lipinski definition) is 2. The van der Waals surface area contributed by atoms with E-state index in [1.54, 1.807) is 0 Å². The molecule has 1 aliphatic heterocycles. The van der Waals surface area contributed by atoms with Crippen LogP contribution in [0.25, 0.3) is 0 Å². The van der Waals surface area contributed by atoms with Crippen LogP contribution in [0.15, 0.2) is 18.2 Å². The van der Waals surface area contributed by atoms with E-state index in [9.17, 15) is 4.79 Å². The van der Waals surface area contributed by atoms with Crippen molar-refractivity contribution < 1.29 is 4.79 Å². The van der Waals surface area contributed by atoms with Crippen LogP contribution in [-0.2, 0) is 0 Å². The summed E-state index contributed by atoms with van der Waals surface area (Å²) >= 11 is 1.97. The highest BCUT2D eigenvalue weighted by atomic mass is 32.2. The van der Waals surface area contributed by atoms with E-state index in [0.717, 1.165) is 36.3 Å². The molecule has 21 heavy (non-hydrogen) atoms. The number of benzene rings is 1. The van der Waals surface area contributed by atoms with Crippen molar-refractivity contribution in [3.05, 3.63) is 29.3 Å². The Morgan fingerprint density at radius 3 is 2.90 bits per heavy atom. The van der Waals surface area contributed by atoms with Gasteiger partial charge in [-0.05, 0) is 51.0 Å². The lowest BCUT2D eigenvalue weighted by atomic mass is 10.0. The first-order valence-electron chi connectivity index (χ1n) is 7.81. The summed E-state index contributed by atoms with van der Waals surface area (Å²) in [5, 5.41) is 6.47. The van der Waals surface area contributed by atoms with Crippen LogP contribution in [0.5, 0.6) is 0 Å². The van der Waals surface area contributed by atoms with Crippen molar-refractivity contribution in [1.29, 1.82) is 0 Å². The standard InChI is InChI=1S/C17H26N2OS/c1-4-9-18-15-7-6-13(2)11-14(15)16(20)19-12-17(3)8-5-10-21-17/h6-7,11,18H,4-5,8-10,12H2,1-3H3,(H,19,20). The van der Waals surface area contributed by atoms with Crippen LogP contribution in [-0.4, -0.2) is 29.5 Å². The van der Waals surface area contributed by atoms with Crippen LogP contribution < -0.4 is 10.6 Å². The molecule has 0 radical (unpaired) electrons. The minimum Gasteiger partial charge on any atom is -0.384 e. The molecule has 0 spiro atoms. The molecule has 0 aliphatic carbocycles. The van der Waals surface area contributed by atoms with Crippen molar-refractivity contribution in [2.75, 3.05) is 24.2 Å². The fourth-order valence-corrected chi connectivity index (χ4v) is 3.84. The maximum Gasteiger partial charge on any atom is 0.253 e. The Hall–Kier alpha value is -1.16. The van der Waals surface area contributed by atoms with Gasteiger partial charge in [0.15, 0.2) is 0 Å². The molecule has 2 N–H and O–H groups in total. The van der Waals surface area contributed by atoms with Crippen LogP contribution in [0.4, 0.5) is 5.69 Å². The molecule has 0 aromatic heterocycles. The largest absolute Gasteiger partial charge is 0.384 e. The normalized spacial score (nSPS) is 21.3. The topological polar surface area (TPSA) is 41.1 Å². The Morgan fingerprint density at radius 2 is 2.24 bits per heavy atom. The molecule has 1 amide bonds. The molecule has 1 aromatic rings. The van der Waals surface area contributed by atoms with Gasteiger partial charge in [-0.1, -0.05) is 18.6 Å². The maximum absolute atomic E-state index is 12.5. The molecule has 116 valence electrons. The minimum atomic E-state index is 0.0334. The van der Waals surface area contributed by atoms with Gasteiger partial charge in [-0.2, -0.15) is 11.8 Å². The van der Waals surface area contributed by atoms with Crippen molar-refractivity contribution in [2.45, 2.75) is 44.8 Å². The van der Waals surface area contributed by atoms with E-state index in [2.05, 4.69) is 24.5 Å². The predicted octanol–water partition coefficient (Wildman–Crippen LogP) is 3.83. The number of thioether (sulfide) groups is 1. The van der Waals surface area contributed by atoms with Crippen LogP contribution in [0.3, 0.4) is 0 Å². The van der Waals surface area contributed by atoms with Gasteiger partial charge in [0, 0.05) is 23.5 Å². The molecule has 0 saturated carbocycles. The zero-order valence-corrected chi connectivity index (χ0v) is 14.1. The Bertz CT molecular complexity index is 496. The van der Waals surface area contributed by atoms with Crippen LogP contribution in [0.1, 0.15) is 49.0 Å². The Morgan fingerprint density at radius 1 is 1.43 bits per heavy atom. The summed E-state index contributed by atoms with van der Waals surface area (Å²) in [6, 6.07) is 6.02. The number of nitrogens with one attached hydrogen (secondary N) is 2. The number of carbonyl (C=O) groups is 1. The first kappa shape index (κ1) is 16.2. The predicted molar refractivity (Wildman–Crippen MR) is 92.4 cm³/mol. The monoisotopic (exact) mass is 306 g/mol. The molecule has 1 saturated heterocycles. The van der Waals surface area contributed by atoms with Crippen molar-refractivity contribution in [1.82, 2.24) is 5.32 Å². The highest BCUT2D eigenvalue weighted by Gasteiger charge is 2.30. The van der Waals surface area contributed by atoms with Gasteiger partial charge in [0.25, 0.3) is 5.91 Å². The first-order chi connectivity index (χ1) is 10.0. The van der Waals surface area contributed by atoms with Gasteiger partial charge in [-0.25, -0.2) is 0 Å². The van der Waals surface area contributed by atoms with Crippen molar-refractivity contribution in [3.8, 4) is 0 Å². The van der Waals surface area contributed by atoms with Crippen molar-refractivity contribution in [3.63, 3.8) is 0 Å². The van der Waals surface area contributed by atoms with Crippen LogP contribution >= 0.6 is 11.8 Å². The van der Waals surface area contributed by atoms with Crippen molar-refractivity contribution >= 4 is 23.4 Å². The Kier molecular flexibility index (Phi) is 5.57. The lowest BCUT2D eigenvalue weighted by Gasteiger charge is -2.23. The number of aryl methyl sites for hydroxylation is 1. The molecule has 1 aromatic carbocycles. The molecule has 1 heterocycles. The number of amides is 1. The van der Waals surface area contributed by atoms with E-state index in [-0.39, 0.29) is 10.7 Å². The fourth-order valence-electron chi connectivity index (χ4n) is 2.60. The van der Waals surface area contributed by atoms with Crippen LogP contribution in [0, 0.1) is 6.92 Å². The third-order valence-electron chi connectivity index (χ3n) is 3.91. The lowest BCUT2D eigenvalue weighted by Crippen LogP contribution is -2.37. The Balaban J connectivity index is 2.04. The summed E-state index contributed by atoms with van der Waals surface area (Å²) in [5.74, 6) is 1.24. The summed E-state index contributed by atoms with van der Waals surface area (Å²) in [5.41, 5.74) is 2.81. The molecule has 0 bridgehead atoms.